The molecule has 0 aliphatic heterocycles. The van der Waals surface area contributed by atoms with Crippen molar-refractivity contribution in [1.29, 1.82) is 0 Å². The summed E-state index contributed by atoms with van der Waals surface area (Å²) in [5.74, 6) is 0.294. The summed E-state index contributed by atoms with van der Waals surface area (Å²) in [5, 5.41) is 3.53. The van der Waals surface area contributed by atoms with Gasteiger partial charge in [0.15, 0.2) is 0 Å². The Morgan fingerprint density at radius 1 is 1.50 bits per heavy atom. The molecule has 0 aliphatic rings. The van der Waals surface area contributed by atoms with Crippen molar-refractivity contribution < 1.29 is 13.6 Å². The highest BCUT2D eigenvalue weighted by atomic mass is 19.1. The lowest BCUT2D eigenvalue weighted by Gasteiger charge is -2.06. The molecule has 1 amide bonds. The van der Waals surface area contributed by atoms with E-state index < -0.39 is 0 Å². The van der Waals surface area contributed by atoms with Crippen molar-refractivity contribution in [1.82, 2.24) is 5.32 Å². The van der Waals surface area contributed by atoms with Gasteiger partial charge in [-0.2, -0.15) is 0 Å². The molecule has 0 fully saturated rings. The van der Waals surface area contributed by atoms with E-state index in [0.29, 0.717) is 30.7 Å². The summed E-state index contributed by atoms with van der Waals surface area (Å²) in [6.07, 6.45) is 1.04. The Morgan fingerprint density at radius 3 is 2.95 bits per heavy atom. The van der Waals surface area contributed by atoms with Crippen LogP contribution in [0, 0.1) is 12.7 Å². The monoisotopic (exact) mass is 278 g/mol. The van der Waals surface area contributed by atoms with Gasteiger partial charge in [-0.3, -0.25) is 4.79 Å². The van der Waals surface area contributed by atoms with Gasteiger partial charge in [0.25, 0.3) is 0 Å². The van der Waals surface area contributed by atoms with Gasteiger partial charge in [0.1, 0.15) is 17.2 Å². The molecule has 1 heterocycles. The first-order valence-electron chi connectivity index (χ1n) is 6.67. The minimum absolute atomic E-state index is 0.0108. The molecule has 108 valence electrons. The summed E-state index contributed by atoms with van der Waals surface area (Å²) in [7, 11) is 0. The van der Waals surface area contributed by atoms with Crippen LogP contribution in [-0.4, -0.2) is 11.9 Å². The summed E-state index contributed by atoms with van der Waals surface area (Å²) < 4.78 is 18.8. The standard InChI is InChI=1S/C15H19FN2O2/c1-9(17)3-6-15(19)18-8-14-10(2)12-7-11(16)4-5-13(12)20-14/h4-5,7,9H,3,6,8,17H2,1-2H3,(H,18,19). The smallest absolute Gasteiger partial charge is 0.220 e. The number of furan rings is 1. The number of hydrogen-bond acceptors (Lipinski definition) is 3. The topological polar surface area (TPSA) is 68.3 Å². The minimum Gasteiger partial charge on any atom is -0.459 e. The molecule has 1 aromatic heterocycles. The van der Waals surface area contributed by atoms with Gasteiger partial charge in [0, 0.05) is 23.4 Å². The van der Waals surface area contributed by atoms with E-state index >= 15 is 0 Å². The largest absolute Gasteiger partial charge is 0.459 e. The number of nitrogens with one attached hydrogen (secondary N) is 1. The van der Waals surface area contributed by atoms with Crippen molar-refractivity contribution in [3.8, 4) is 0 Å². The maximum atomic E-state index is 13.2. The molecule has 20 heavy (non-hydrogen) atoms. The highest BCUT2D eigenvalue weighted by Crippen LogP contribution is 2.25. The number of carbonyl (C=O) groups is 1. The molecule has 1 unspecified atom stereocenters. The molecule has 0 spiro atoms. The van der Waals surface area contributed by atoms with Gasteiger partial charge >= 0.3 is 0 Å². The molecule has 0 aliphatic carbocycles. The predicted molar refractivity (Wildman–Crippen MR) is 75.6 cm³/mol. The molecule has 0 saturated carbocycles. The maximum absolute atomic E-state index is 13.2. The molecule has 3 N–H and O–H groups in total. The fraction of sp³-hybridized carbons (Fsp3) is 0.400. The highest BCUT2D eigenvalue weighted by molar-refractivity contribution is 5.82. The zero-order chi connectivity index (χ0) is 14.7. The molecule has 0 saturated heterocycles. The molecular weight excluding hydrogens is 259 g/mol. The zero-order valence-electron chi connectivity index (χ0n) is 11.7. The number of aryl methyl sites for hydroxylation is 1. The third-order valence-corrected chi connectivity index (χ3v) is 3.27. The number of amides is 1. The van der Waals surface area contributed by atoms with E-state index in [2.05, 4.69) is 5.32 Å². The third kappa shape index (κ3) is 3.36. The lowest BCUT2D eigenvalue weighted by atomic mass is 10.1. The average molecular weight is 278 g/mol. The molecule has 0 bridgehead atoms. The van der Waals surface area contributed by atoms with Crippen LogP contribution in [0.15, 0.2) is 22.6 Å². The van der Waals surface area contributed by atoms with E-state index in [1.165, 1.54) is 12.1 Å². The second-order valence-corrected chi connectivity index (χ2v) is 5.08. The third-order valence-electron chi connectivity index (χ3n) is 3.27. The highest BCUT2D eigenvalue weighted by Gasteiger charge is 2.12. The zero-order valence-corrected chi connectivity index (χ0v) is 11.7. The Balaban J connectivity index is 2.03. The van der Waals surface area contributed by atoms with E-state index in [1.54, 1.807) is 6.07 Å². The second-order valence-electron chi connectivity index (χ2n) is 5.08. The van der Waals surface area contributed by atoms with E-state index in [9.17, 15) is 9.18 Å². The van der Waals surface area contributed by atoms with Crippen molar-refractivity contribution in [2.75, 3.05) is 0 Å². The lowest BCUT2D eigenvalue weighted by molar-refractivity contribution is -0.121. The van der Waals surface area contributed by atoms with Gasteiger partial charge < -0.3 is 15.5 Å². The summed E-state index contributed by atoms with van der Waals surface area (Å²) >= 11 is 0. The number of rotatable bonds is 5. The molecule has 2 rings (SSSR count). The van der Waals surface area contributed by atoms with Crippen LogP contribution in [0.1, 0.15) is 31.1 Å². The van der Waals surface area contributed by atoms with Crippen LogP contribution in [0.25, 0.3) is 11.0 Å². The molecule has 4 nitrogen and oxygen atoms in total. The normalized spacial score (nSPS) is 12.6. The van der Waals surface area contributed by atoms with Gasteiger partial charge in [0.05, 0.1) is 6.54 Å². The number of carbonyl (C=O) groups excluding carboxylic acids is 1. The van der Waals surface area contributed by atoms with Crippen LogP contribution in [-0.2, 0) is 11.3 Å². The Kier molecular flexibility index (Phi) is 4.39. The van der Waals surface area contributed by atoms with Gasteiger partial charge in [-0.1, -0.05) is 0 Å². The first-order valence-corrected chi connectivity index (χ1v) is 6.67. The van der Waals surface area contributed by atoms with Gasteiger partial charge in [-0.05, 0) is 38.5 Å². The SMILES string of the molecule is Cc1c(CNC(=O)CCC(C)N)oc2ccc(F)cc12. The Morgan fingerprint density at radius 2 is 2.25 bits per heavy atom. The van der Waals surface area contributed by atoms with Gasteiger partial charge in [-0.15, -0.1) is 0 Å². The maximum Gasteiger partial charge on any atom is 0.220 e. The van der Waals surface area contributed by atoms with Crippen LogP contribution in [0.4, 0.5) is 4.39 Å². The van der Waals surface area contributed by atoms with Crippen molar-refractivity contribution >= 4 is 16.9 Å². The van der Waals surface area contributed by atoms with E-state index in [1.807, 2.05) is 13.8 Å². The van der Waals surface area contributed by atoms with Crippen molar-refractivity contribution in [3.05, 3.63) is 35.3 Å². The lowest BCUT2D eigenvalue weighted by Crippen LogP contribution is -2.25. The first-order chi connectivity index (χ1) is 9.47. The van der Waals surface area contributed by atoms with E-state index in [0.717, 1.165) is 10.9 Å². The fourth-order valence-electron chi connectivity index (χ4n) is 2.04. The van der Waals surface area contributed by atoms with Gasteiger partial charge in [-0.25, -0.2) is 4.39 Å². The van der Waals surface area contributed by atoms with Crippen LogP contribution in [0.2, 0.25) is 0 Å². The van der Waals surface area contributed by atoms with Crippen molar-refractivity contribution in [2.45, 2.75) is 39.3 Å². The Labute approximate surface area is 117 Å². The molecule has 5 heteroatoms. The van der Waals surface area contributed by atoms with Crippen LogP contribution in [0.5, 0.6) is 0 Å². The number of hydrogen-bond donors (Lipinski definition) is 2. The van der Waals surface area contributed by atoms with Crippen molar-refractivity contribution in [3.63, 3.8) is 0 Å². The summed E-state index contributed by atoms with van der Waals surface area (Å²) in [4.78, 5) is 11.6. The predicted octanol–water partition coefficient (Wildman–Crippen LogP) is 2.62. The Hall–Kier alpha value is -1.88. The average Bonchev–Trinajstić information content (AvgIpc) is 2.71. The fourth-order valence-corrected chi connectivity index (χ4v) is 2.04. The number of fused-ring (bicyclic) bond motifs is 1. The first kappa shape index (κ1) is 14.5. The second kappa shape index (κ2) is 6.05. The molecule has 0 radical (unpaired) electrons. The summed E-state index contributed by atoms with van der Waals surface area (Å²) in [6, 6.07) is 4.40. The minimum atomic E-state index is -0.297. The summed E-state index contributed by atoms with van der Waals surface area (Å²) in [6.45, 7) is 4.03. The molecule has 2 aromatic rings. The number of halogens is 1. The van der Waals surface area contributed by atoms with Gasteiger partial charge in [0.2, 0.25) is 5.91 Å². The number of nitrogens with two attached hydrogens (primary N) is 1. The Bertz CT molecular complexity index is 620. The van der Waals surface area contributed by atoms with Crippen LogP contribution in [0.3, 0.4) is 0 Å². The van der Waals surface area contributed by atoms with E-state index in [4.69, 9.17) is 10.2 Å². The van der Waals surface area contributed by atoms with E-state index in [-0.39, 0.29) is 17.8 Å². The molecular formula is C15H19FN2O2. The quantitative estimate of drug-likeness (QED) is 0.883. The van der Waals surface area contributed by atoms with Crippen LogP contribution >= 0.6 is 0 Å². The van der Waals surface area contributed by atoms with Crippen LogP contribution < -0.4 is 11.1 Å². The van der Waals surface area contributed by atoms with Crippen molar-refractivity contribution in [2.24, 2.45) is 5.73 Å². The molecule has 1 aromatic carbocycles. The number of benzene rings is 1. The summed E-state index contributed by atoms with van der Waals surface area (Å²) in [5.41, 5.74) is 7.09. The molecule has 1 atom stereocenters.